The first-order chi connectivity index (χ1) is 52.1. The summed E-state index contributed by atoms with van der Waals surface area (Å²) in [6, 6.07) is 114. The molecular formula is C93H54N6O4S2. The van der Waals surface area contributed by atoms with Gasteiger partial charge in [0.2, 0.25) is 17.7 Å². The molecule has 12 heteroatoms. The van der Waals surface area contributed by atoms with Gasteiger partial charge in [-0.25, -0.2) is 15.0 Å². The lowest BCUT2D eigenvalue weighted by Crippen LogP contribution is -1.93. The van der Waals surface area contributed by atoms with Gasteiger partial charge in [0.25, 0.3) is 0 Å². The van der Waals surface area contributed by atoms with Gasteiger partial charge in [0.05, 0.1) is 59.6 Å². The van der Waals surface area contributed by atoms with Crippen molar-refractivity contribution in [2.75, 3.05) is 0 Å². The number of hydrogen-bond donors (Lipinski definition) is 0. The monoisotopic (exact) mass is 1380 g/mol. The molecular weight excluding hydrogens is 1330 g/mol. The van der Waals surface area contributed by atoms with E-state index in [9.17, 15) is 0 Å². The molecule has 24 rings (SSSR count). The average molecular weight is 1380 g/mol. The standard InChI is InChI=1S/C31H18N2O2.2C31H18N2OS/c1-2-8-19(9-3-1)31-32-24-15-16-26-29(30(24)35-31)22-11-4-6-12-25(22)33(26)20-14-17-28-23(18-20)21-10-5-7-13-27(21)34-28;1-2-9-19(10-3-1)31-32-23-17-18-25-28(29(23)34-31)22-12-4-6-14-24(22)33(25)26-15-8-13-21-20-11-5-7-16-27(20)35-30(21)26;1-2-8-19(9-3-1)31-32-24-15-16-26-29(30(24)34-31)22-11-4-6-12-25(22)33(26)20-14-17-28-23(18-20)21-10-5-7-13-27(21)35-28/h3*1-18H. The van der Waals surface area contributed by atoms with Crippen LogP contribution in [0.25, 0.3) is 212 Å². The van der Waals surface area contributed by atoms with E-state index in [1.165, 1.54) is 56.8 Å². The van der Waals surface area contributed by atoms with Gasteiger partial charge in [-0.3, -0.25) is 0 Å². The van der Waals surface area contributed by atoms with Gasteiger partial charge in [-0.2, -0.15) is 0 Å². The van der Waals surface area contributed by atoms with E-state index in [4.69, 9.17) is 32.6 Å². The molecule has 0 spiro atoms. The first kappa shape index (κ1) is 59.1. The van der Waals surface area contributed by atoms with Crippen LogP contribution in [-0.4, -0.2) is 28.7 Å². The Balaban J connectivity index is 0.0000000986. The van der Waals surface area contributed by atoms with Crippen LogP contribution < -0.4 is 0 Å². The first-order valence-corrected chi connectivity index (χ1v) is 36.6. The molecule has 0 unspecified atom stereocenters. The normalized spacial score (nSPS) is 12.0. The Morgan fingerprint density at radius 3 is 1.14 bits per heavy atom. The molecule has 0 N–H and O–H groups in total. The molecule has 0 saturated carbocycles. The predicted octanol–water partition coefficient (Wildman–Crippen LogP) is 26.4. The molecule has 9 heterocycles. The fourth-order valence-corrected chi connectivity index (χ4v) is 18.1. The minimum atomic E-state index is 0.635. The molecule has 0 aliphatic carbocycles. The summed E-state index contributed by atoms with van der Waals surface area (Å²) in [5.41, 5.74) is 20.0. The second-order valence-corrected chi connectivity index (χ2v) is 28.6. The van der Waals surface area contributed by atoms with E-state index in [2.05, 4.69) is 238 Å². The van der Waals surface area contributed by atoms with Crippen molar-refractivity contribution in [3.8, 4) is 51.4 Å². The third kappa shape index (κ3) is 9.30. The number of benzene rings is 15. The van der Waals surface area contributed by atoms with E-state index in [1.807, 2.05) is 126 Å². The molecule has 0 aliphatic rings. The number of furan rings is 1. The molecule has 0 aliphatic heterocycles. The smallest absolute Gasteiger partial charge is 0.227 e. The van der Waals surface area contributed by atoms with Crippen molar-refractivity contribution in [3.63, 3.8) is 0 Å². The Morgan fingerprint density at radius 1 is 0.238 bits per heavy atom. The van der Waals surface area contributed by atoms with E-state index >= 15 is 0 Å². The fourth-order valence-electron chi connectivity index (χ4n) is 15.9. The summed E-state index contributed by atoms with van der Waals surface area (Å²) in [6.07, 6.45) is 0. The first-order valence-electron chi connectivity index (χ1n) is 35.0. The topological polar surface area (TPSA) is 106 Å². The van der Waals surface area contributed by atoms with Gasteiger partial charge in [0, 0.05) is 90.6 Å². The van der Waals surface area contributed by atoms with Crippen LogP contribution in [0.5, 0.6) is 0 Å². The molecule has 24 aromatic rings. The quantitative estimate of drug-likeness (QED) is 0.163. The lowest BCUT2D eigenvalue weighted by atomic mass is 10.1. The minimum Gasteiger partial charge on any atom is -0.456 e. The molecule has 10 nitrogen and oxygen atoms in total. The summed E-state index contributed by atoms with van der Waals surface area (Å²) in [6.45, 7) is 0. The van der Waals surface area contributed by atoms with Gasteiger partial charge in [-0.05, 0) is 152 Å². The number of aromatic nitrogens is 6. The fraction of sp³-hybridized carbons (Fsp3) is 0. The number of thiophene rings is 2. The highest BCUT2D eigenvalue weighted by molar-refractivity contribution is 7.26. The highest BCUT2D eigenvalue weighted by atomic mass is 32.1. The van der Waals surface area contributed by atoms with Crippen molar-refractivity contribution < 1.29 is 17.7 Å². The van der Waals surface area contributed by atoms with Crippen LogP contribution in [0.3, 0.4) is 0 Å². The summed E-state index contributed by atoms with van der Waals surface area (Å²) < 4.78 is 37.6. The predicted molar refractivity (Wildman–Crippen MR) is 434 cm³/mol. The van der Waals surface area contributed by atoms with Crippen molar-refractivity contribution in [3.05, 3.63) is 328 Å². The third-order valence-electron chi connectivity index (χ3n) is 20.5. The van der Waals surface area contributed by atoms with Gasteiger partial charge in [0.15, 0.2) is 16.7 Å². The highest BCUT2D eigenvalue weighted by Gasteiger charge is 2.25. The Bertz CT molecular complexity index is 7300. The Hall–Kier alpha value is -13.7. The number of rotatable bonds is 6. The maximum atomic E-state index is 6.44. The molecule has 0 saturated heterocycles. The summed E-state index contributed by atoms with van der Waals surface area (Å²) in [5, 5.41) is 14.2. The van der Waals surface area contributed by atoms with E-state index in [1.54, 1.807) is 0 Å². The lowest BCUT2D eigenvalue weighted by molar-refractivity contribution is 0.622. The second-order valence-electron chi connectivity index (χ2n) is 26.4. The lowest BCUT2D eigenvalue weighted by Gasteiger charge is -2.09. The van der Waals surface area contributed by atoms with Crippen molar-refractivity contribution in [1.82, 2.24) is 28.7 Å². The van der Waals surface area contributed by atoms with Gasteiger partial charge >= 0.3 is 0 Å². The summed E-state index contributed by atoms with van der Waals surface area (Å²) in [7, 11) is 0. The summed E-state index contributed by atoms with van der Waals surface area (Å²) in [5.74, 6) is 1.93. The van der Waals surface area contributed by atoms with Crippen LogP contribution >= 0.6 is 22.7 Å². The van der Waals surface area contributed by atoms with Gasteiger partial charge in [-0.15, -0.1) is 22.7 Å². The van der Waals surface area contributed by atoms with E-state index in [0.29, 0.717) is 17.7 Å². The molecule has 0 fully saturated rings. The molecule has 105 heavy (non-hydrogen) atoms. The molecule has 15 aromatic carbocycles. The number of hydrogen-bond acceptors (Lipinski definition) is 9. The molecule has 0 bridgehead atoms. The third-order valence-corrected chi connectivity index (χ3v) is 22.9. The Morgan fingerprint density at radius 2 is 0.619 bits per heavy atom. The number of fused-ring (bicyclic) bond motifs is 24. The van der Waals surface area contributed by atoms with E-state index in [-0.39, 0.29) is 0 Å². The highest BCUT2D eigenvalue weighted by Crippen LogP contribution is 2.46. The molecule has 9 aromatic heterocycles. The second kappa shape index (κ2) is 23.5. The van der Waals surface area contributed by atoms with E-state index < -0.39 is 0 Å². The van der Waals surface area contributed by atoms with Gasteiger partial charge in [-0.1, -0.05) is 176 Å². The SMILES string of the molecule is c1ccc(-c2nc3ccc4c(c5ccccc5n4-c4ccc5oc6ccccc6c5c4)c3o2)cc1.c1ccc(-c2nc3ccc4c(c5ccccc5n4-c4ccc5sc6ccccc6c5c4)c3o2)cc1.c1ccc(-c2nc3ccc4c(c5ccccc5n4-c4cccc5c4sc4ccccc45)c3o2)cc1. The maximum absolute atomic E-state index is 6.44. The molecule has 0 atom stereocenters. The van der Waals surface area contributed by atoms with E-state index in [0.717, 1.165) is 138 Å². The number of nitrogens with zero attached hydrogens (tertiary/aromatic N) is 6. The summed E-state index contributed by atoms with van der Waals surface area (Å²) >= 11 is 3.70. The van der Waals surface area contributed by atoms with Crippen LogP contribution in [0.4, 0.5) is 0 Å². The van der Waals surface area contributed by atoms with Crippen molar-refractivity contribution >= 4 is 184 Å². The minimum absolute atomic E-state index is 0.635. The van der Waals surface area contributed by atoms with Crippen LogP contribution in [0.15, 0.2) is 345 Å². The van der Waals surface area contributed by atoms with Crippen molar-refractivity contribution in [2.24, 2.45) is 0 Å². The zero-order valence-corrected chi connectivity index (χ0v) is 57.4. The Labute approximate surface area is 604 Å². The largest absolute Gasteiger partial charge is 0.456 e. The van der Waals surface area contributed by atoms with Crippen molar-refractivity contribution in [2.45, 2.75) is 0 Å². The van der Waals surface area contributed by atoms with Gasteiger partial charge < -0.3 is 31.4 Å². The van der Waals surface area contributed by atoms with Crippen LogP contribution in [0.1, 0.15) is 0 Å². The average Bonchev–Trinajstić information content (AvgIpc) is 1.57. The number of para-hydroxylation sites is 4. The van der Waals surface area contributed by atoms with Crippen LogP contribution in [0, 0.1) is 0 Å². The zero-order chi connectivity index (χ0) is 68.8. The molecule has 0 amide bonds. The van der Waals surface area contributed by atoms with Gasteiger partial charge in [0.1, 0.15) is 27.7 Å². The number of oxazole rings is 3. The van der Waals surface area contributed by atoms with Crippen LogP contribution in [0.2, 0.25) is 0 Å². The Kier molecular flexibility index (Phi) is 13.2. The molecule has 492 valence electrons. The van der Waals surface area contributed by atoms with Crippen LogP contribution in [-0.2, 0) is 0 Å². The maximum Gasteiger partial charge on any atom is 0.227 e. The zero-order valence-electron chi connectivity index (χ0n) is 55.8. The van der Waals surface area contributed by atoms with Crippen molar-refractivity contribution in [1.29, 1.82) is 0 Å². The molecule has 0 radical (unpaired) electrons. The summed E-state index contributed by atoms with van der Waals surface area (Å²) in [4.78, 5) is 14.4.